The lowest BCUT2D eigenvalue weighted by Crippen LogP contribution is -2.06. The van der Waals surface area contributed by atoms with E-state index in [0.29, 0.717) is 12.2 Å². The molecule has 0 aliphatic carbocycles. The van der Waals surface area contributed by atoms with Crippen LogP contribution in [-0.4, -0.2) is 18.8 Å². The average molecular weight is 238 g/mol. The van der Waals surface area contributed by atoms with Gasteiger partial charge in [0.15, 0.2) is 0 Å². The van der Waals surface area contributed by atoms with Crippen LogP contribution in [0.15, 0.2) is 29.2 Å². The molecule has 16 heavy (non-hydrogen) atoms. The summed E-state index contributed by atoms with van der Waals surface area (Å²) in [7, 11) is 0. The molecule has 0 atom stereocenters. The maximum atomic E-state index is 11.6. The summed E-state index contributed by atoms with van der Waals surface area (Å²) >= 11 is 1.66. The van der Waals surface area contributed by atoms with E-state index in [4.69, 9.17) is 4.74 Å². The van der Waals surface area contributed by atoms with Gasteiger partial charge in [0.2, 0.25) is 0 Å². The van der Waals surface area contributed by atoms with Crippen LogP contribution in [0.4, 0.5) is 0 Å². The minimum absolute atomic E-state index is 0.219. The Hall–Kier alpha value is -0.960. The molecule has 3 heteroatoms. The summed E-state index contributed by atoms with van der Waals surface area (Å²) in [5.41, 5.74) is 0.634. The second kappa shape index (κ2) is 7.34. The predicted octanol–water partition coefficient (Wildman–Crippen LogP) is 3.76. The molecule has 0 aromatic heterocycles. The zero-order chi connectivity index (χ0) is 11.8. The fourth-order valence-corrected chi connectivity index (χ4v) is 1.74. The summed E-state index contributed by atoms with van der Waals surface area (Å²) in [5.74, 6) is -0.219. The van der Waals surface area contributed by atoms with Gasteiger partial charge in [-0.25, -0.2) is 4.79 Å². The number of ether oxygens (including phenoxy) is 1. The summed E-state index contributed by atoms with van der Waals surface area (Å²) in [4.78, 5) is 12.7. The number of benzene rings is 1. The van der Waals surface area contributed by atoms with E-state index in [9.17, 15) is 4.79 Å². The van der Waals surface area contributed by atoms with E-state index in [-0.39, 0.29) is 5.97 Å². The fourth-order valence-electron chi connectivity index (χ4n) is 1.33. The molecule has 0 spiro atoms. The number of hydrogen-bond acceptors (Lipinski definition) is 3. The Kier molecular flexibility index (Phi) is 6.01. The van der Waals surface area contributed by atoms with E-state index in [2.05, 4.69) is 6.92 Å². The van der Waals surface area contributed by atoms with Gasteiger partial charge in [0.05, 0.1) is 12.2 Å². The predicted molar refractivity (Wildman–Crippen MR) is 68.0 cm³/mol. The van der Waals surface area contributed by atoms with E-state index in [1.165, 1.54) is 0 Å². The highest BCUT2D eigenvalue weighted by Gasteiger charge is 2.05. The number of carbonyl (C=O) groups is 1. The molecule has 0 bridgehead atoms. The Bertz CT molecular complexity index is 319. The van der Waals surface area contributed by atoms with Gasteiger partial charge in [-0.1, -0.05) is 19.8 Å². The zero-order valence-electron chi connectivity index (χ0n) is 9.86. The van der Waals surface area contributed by atoms with Crippen LogP contribution in [0.1, 0.15) is 36.5 Å². The third-order valence-corrected chi connectivity index (χ3v) is 3.05. The Labute approximate surface area is 101 Å². The molecule has 0 aliphatic rings. The number of unbranched alkanes of at least 4 members (excludes halogenated alkanes) is 2. The molecule has 1 aromatic rings. The van der Waals surface area contributed by atoms with Crippen LogP contribution < -0.4 is 0 Å². The second-order valence-corrected chi connectivity index (χ2v) is 4.45. The summed E-state index contributed by atoms with van der Waals surface area (Å²) in [6, 6.07) is 7.50. The van der Waals surface area contributed by atoms with Gasteiger partial charge in [-0.3, -0.25) is 0 Å². The molecule has 0 fully saturated rings. The summed E-state index contributed by atoms with van der Waals surface area (Å²) in [5, 5.41) is 0. The van der Waals surface area contributed by atoms with Crippen molar-refractivity contribution in [2.75, 3.05) is 12.9 Å². The van der Waals surface area contributed by atoms with Crippen LogP contribution in [0.25, 0.3) is 0 Å². The second-order valence-electron chi connectivity index (χ2n) is 3.57. The number of hydrogen-bond donors (Lipinski definition) is 0. The topological polar surface area (TPSA) is 26.3 Å². The third kappa shape index (κ3) is 4.27. The maximum absolute atomic E-state index is 11.6. The largest absolute Gasteiger partial charge is 0.462 e. The number of rotatable bonds is 6. The fraction of sp³-hybridized carbons (Fsp3) is 0.462. The summed E-state index contributed by atoms with van der Waals surface area (Å²) in [6.45, 7) is 2.65. The van der Waals surface area contributed by atoms with Gasteiger partial charge in [-0.15, -0.1) is 11.8 Å². The first-order chi connectivity index (χ1) is 7.77. The van der Waals surface area contributed by atoms with Gasteiger partial charge in [0.25, 0.3) is 0 Å². The molecule has 88 valence electrons. The first-order valence-corrected chi connectivity index (χ1v) is 6.81. The summed E-state index contributed by atoms with van der Waals surface area (Å²) in [6.07, 6.45) is 5.21. The van der Waals surface area contributed by atoms with Gasteiger partial charge < -0.3 is 4.74 Å². The molecule has 0 N–H and O–H groups in total. The Morgan fingerprint density at radius 3 is 2.50 bits per heavy atom. The van der Waals surface area contributed by atoms with Gasteiger partial charge in [0.1, 0.15) is 0 Å². The molecule has 0 heterocycles. The van der Waals surface area contributed by atoms with Crippen LogP contribution in [0.2, 0.25) is 0 Å². The van der Waals surface area contributed by atoms with Crippen molar-refractivity contribution >= 4 is 17.7 Å². The van der Waals surface area contributed by atoms with Crippen molar-refractivity contribution < 1.29 is 9.53 Å². The molecule has 0 saturated carbocycles. The van der Waals surface area contributed by atoms with E-state index in [1.54, 1.807) is 11.8 Å². The highest BCUT2D eigenvalue weighted by Crippen LogP contribution is 2.15. The highest BCUT2D eigenvalue weighted by molar-refractivity contribution is 7.98. The average Bonchev–Trinajstić information content (AvgIpc) is 2.34. The van der Waals surface area contributed by atoms with Crippen molar-refractivity contribution in [3.8, 4) is 0 Å². The van der Waals surface area contributed by atoms with Gasteiger partial charge >= 0.3 is 5.97 Å². The van der Waals surface area contributed by atoms with Crippen LogP contribution in [-0.2, 0) is 4.74 Å². The van der Waals surface area contributed by atoms with Crippen LogP contribution in [0, 0.1) is 0 Å². The van der Waals surface area contributed by atoms with Crippen molar-refractivity contribution in [2.45, 2.75) is 31.1 Å². The Morgan fingerprint density at radius 2 is 1.94 bits per heavy atom. The number of esters is 1. The molecule has 1 rings (SSSR count). The molecule has 0 saturated heterocycles. The van der Waals surface area contributed by atoms with E-state index in [0.717, 1.165) is 24.2 Å². The van der Waals surface area contributed by atoms with E-state index >= 15 is 0 Å². The lowest BCUT2D eigenvalue weighted by atomic mass is 10.2. The van der Waals surface area contributed by atoms with Gasteiger partial charge in [-0.2, -0.15) is 0 Å². The van der Waals surface area contributed by atoms with Crippen molar-refractivity contribution in [2.24, 2.45) is 0 Å². The first-order valence-electron chi connectivity index (χ1n) is 5.59. The van der Waals surface area contributed by atoms with Crippen molar-refractivity contribution in [1.29, 1.82) is 0 Å². The maximum Gasteiger partial charge on any atom is 0.338 e. The molecule has 2 nitrogen and oxygen atoms in total. The minimum atomic E-state index is -0.219. The molecule has 0 radical (unpaired) electrons. The smallest absolute Gasteiger partial charge is 0.338 e. The first kappa shape index (κ1) is 13.1. The molecular formula is C13H18O2S. The normalized spacial score (nSPS) is 10.1. The Balaban J connectivity index is 2.40. The lowest BCUT2D eigenvalue weighted by Gasteiger charge is -2.04. The van der Waals surface area contributed by atoms with E-state index in [1.807, 2.05) is 30.5 Å². The van der Waals surface area contributed by atoms with Crippen LogP contribution in [0.3, 0.4) is 0 Å². The molecular weight excluding hydrogens is 220 g/mol. The molecule has 0 aliphatic heterocycles. The zero-order valence-corrected chi connectivity index (χ0v) is 10.7. The SMILES string of the molecule is CCCCCOC(=O)c1ccc(SC)cc1. The van der Waals surface area contributed by atoms with Crippen LogP contribution in [0.5, 0.6) is 0 Å². The standard InChI is InChI=1S/C13H18O2S/c1-3-4-5-10-15-13(14)11-6-8-12(16-2)9-7-11/h6-9H,3-5,10H2,1-2H3. The van der Waals surface area contributed by atoms with Crippen LogP contribution >= 0.6 is 11.8 Å². The monoisotopic (exact) mass is 238 g/mol. The molecule has 0 unspecified atom stereocenters. The number of thioether (sulfide) groups is 1. The quantitative estimate of drug-likeness (QED) is 0.429. The Morgan fingerprint density at radius 1 is 1.25 bits per heavy atom. The summed E-state index contributed by atoms with van der Waals surface area (Å²) < 4.78 is 5.16. The van der Waals surface area contributed by atoms with Crippen molar-refractivity contribution in [3.05, 3.63) is 29.8 Å². The molecule has 0 amide bonds. The minimum Gasteiger partial charge on any atom is -0.462 e. The molecule has 1 aromatic carbocycles. The highest BCUT2D eigenvalue weighted by atomic mass is 32.2. The number of carbonyl (C=O) groups excluding carboxylic acids is 1. The van der Waals surface area contributed by atoms with Gasteiger partial charge in [0, 0.05) is 4.90 Å². The lowest BCUT2D eigenvalue weighted by molar-refractivity contribution is 0.0498. The van der Waals surface area contributed by atoms with E-state index < -0.39 is 0 Å². The van der Waals surface area contributed by atoms with Gasteiger partial charge in [-0.05, 0) is 36.9 Å². The third-order valence-electron chi connectivity index (χ3n) is 2.31. The van der Waals surface area contributed by atoms with Crippen molar-refractivity contribution in [3.63, 3.8) is 0 Å². The van der Waals surface area contributed by atoms with Crippen molar-refractivity contribution in [1.82, 2.24) is 0 Å².